The summed E-state index contributed by atoms with van der Waals surface area (Å²) in [5.41, 5.74) is 0.0377. The van der Waals surface area contributed by atoms with E-state index in [1.54, 1.807) is 27.9 Å². The van der Waals surface area contributed by atoms with Gasteiger partial charge < -0.3 is 14.4 Å². The maximum absolute atomic E-state index is 13.8. The van der Waals surface area contributed by atoms with Gasteiger partial charge in [0.05, 0.1) is 11.1 Å². The highest BCUT2D eigenvalue weighted by molar-refractivity contribution is 5.96. The van der Waals surface area contributed by atoms with Crippen LogP contribution in [0.2, 0.25) is 0 Å². The van der Waals surface area contributed by atoms with Gasteiger partial charge in [0.2, 0.25) is 0 Å². The molecule has 25 heavy (non-hydrogen) atoms. The highest BCUT2D eigenvalue weighted by Crippen LogP contribution is 2.18. The molecule has 2 amide bonds. The minimum atomic E-state index is -1.66. The van der Waals surface area contributed by atoms with Crippen LogP contribution in [0.4, 0.5) is 13.2 Å². The maximum atomic E-state index is 13.8. The van der Waals surface area contributed by atoms with Gasteiger partial charge in [-0.05, 0) is 18.2 Å². The second-order valence-electron chi connectivity index (χ2n) is 5.87. The number of benzene rings is 1. The van der Waals surface area contributed by atoms with E-state index in [-0.39, 0.29) is 32.1 Å². The van der Waals surface area contributed by atoms with Crippen molar-refractivity contribution in [3.63, 3.8) is 0 Å². The van der Waals surface area contributed by atoms with Crippen LogP contribution in [-0.4, -0.2) is 52.4 Å². The maximum Gasteiger partial charge on any atom is 0.257 e. The third kappa shape index (κ3) is 3.24. The highest BCUT2D eigenvalue weighted by Gasteiger charge is 2.28. The van der Waals surface area contributed by atoms with Gasteiger partial charge in [0.15, 0.2) is 17.5 Å². The minimum absolute atomic E-state index is 0.147. The lowest BCUT2D eigenvalue weighted by atomic mass is 10.1. The van der Waals surface area contributed by atoms with E-state index in [0.29, 0.717) is 5.56 Å². The number of amides is 2. The molecule has 0 aliphatic carbocycles. The average molecular weight is 351 g/mol. The van der Waals surface area contributed by atoms with Crippen LogP contribution in [0.1, 0.15) is 20.7 Å². The molecule has 1 saturated heterocycles. The van der Waals surface area contributed by atoms with Gasteiger partial charge in [-0.2, -0.15) is 0 Å². The Bertz CT molecular complexity index is 827. The number of hydrogen-bond donors (Lipinski definition) is 0. The molecule has 0 saturated carbocycles. The summed E-state index contributed by atoms with van der Waals surface area (Å²) in [6.07, 6.45) is 3.47. The average Bonchev–Trinajstić information content (AvgIpc) is 3.05. The molecular weight excluding hydrogens is 335 g/mol. The molecule has 8 heteroatoms. The van der Waals surface area contributed by atoms with E-state index in [2.05, 4.69) is 0 Å². The topological polar surface area (TPSA) is 45.6 Å². The number of aryl methyl sites for hydroxylation is 1. The van der Waals surface area contributed by atoms with Gasteiger partial charge in [0.25, 0.3) is 11.8 Å². The largest absolute Gasteiger partial charge is 0.356 e. The van der Waals surface area contributed by atoms with Crippen molar-refractivity contribution in [2.45, 2.75) is 0 Å². The van der Waals surface area contributed by atoms with Crippen LogP contribution in [0, 0.1) is 17.5 Å². The van der Waals surface area contributed by atoms with E-state index >= 15 is 0 Å². The van der Waals surface area contributed by atoms with E-state index < -0.39 is 28.9 Å². The normalized spacial score (nSPS) is 14.7. The molecule has 2 aromatic rings. The fourth-order valence-corrected chi connectivity index (χ4v) is 2.79. The second kappa shape index (κ2) is 6.62. The Kier molecular flexibility index (Phi) is 4.52. The summed E-state index contributed by atoms with van der Waals surface area (Å²) in [5, 5.41) is 0. The Morgan fingerprint density at radius 2 is 1.48 bits per heavy atom. The van der Waals surface area contributed by atoms with Crippen molar-refractivity contribution in [3.05, 3.63) is 59.2 Å². The van der Waals surface area contributed by atoms with Crippen LogP contribution in [0.15, 0.2) is 30.6 Å². The van der Waals surface area contributed by atoms with Crippen molar-refractivity contribution < 1.29 is 22.8 Å². The lowest BCUT2D eigenvalue weighted by molar-refractivity contribution is 0.0532. The van der Waals surface area contributed by atoms with Gasteiger partial charge in [0, 0.05) is 45.6 Å². The van der Waals surface area contributed by atoms with Gasteiger partial charge in [0.1, 0.15) is 0 Å². The van der Waals surface area contributed by atoms with Gasteiger partial charge in [-0.1, -0.05) is 0 Å². The summed E-state index contributed by atoms with van der Waals surface area (Å²) in [7, 11) is 1.81. The first-order valence-electron chi connectivity index (χ1n) is 7.72. The smallest absolute Gasteiger partial charge is 0.257 e. The Morgan fingerprint density at radius 1 is 0.880 bits per heavy atom. The van der Waals surface area contributed by atoms with Crippen molar-refractivity contribution in [2.75, 3.05) is 26.2 Å². The SMILES string of the molecule is Cn1ccc(C(=O)N2CCN(C(=O)c3ccc(F)c(F)c3F)CC2)c1. The van der Waals surface area contributed by atoms with Gasteiger partial charge in [-0.3, -0.25) is 9.59 Å². The van der Waals surface area contributed by atoms with Crippen LogP contribution in [0.25, 0.3) is 0 Å². The highest BCUT2D eigenvalue weighted by atomic mass is 19.2. The van der Waals surface area contributed by atoms with Crippen LogP contribution >= 0.6 is 0 Å². The molecule has 0 N–H and O–H groups in total. The summed E-state index contributed by atoms with van der Waals surface area (Å²) < 4.78 is 41.8. The molecule has 1 aliphatic heterocycles. The predicted molar refractivity (Wildman–Crippen MR) is 83.5 cm³/mol. The first kappa shape index (κ1) is 17.1. The first-order valence-corrected chi connectivity index (χ1v) is 7.72. The van der Waals surface area contributed by atoms with E-state index in [0.717, 1.165) is 12.1 Å². The molecule has 132 valence electrons. The number of aromatic nitrogens is 1. The van der Waals surface area contributed by atoms with E-state index in [4.69, 9.17) is 0 Å². The summed E-state index contributed by atoms with van der Waals surface area (Å²) in [6.45, 7) is 0.946. The van der Waals surface area contributed by atoms with E-state index in [9.17, 15) is 22.8 Å². The number of piperazine rings is 1. The second-order valence-corrected chi connectivity index (χ2v) is 5.87. The molecule has 1 aromatic carbocycles. The number of carbonyl (C=O) groups is 2. The van der Waals surface area contributed by atoms with Crippen LogP contribution in [0.3, 0.4) is 0 Å². The molecule has 1 aromatic heterocycles. The molecular formula is C17H16F3N3O2. The zero-order valence-electron chi connectivity index (χ0n) is 13.5. The number of rotatable bonds is 2. The molecule has 3 rings (SSSR count). The minimum Gasteiger partial charge on any atom is -0.356 e. The van der Waals surface area contributed by atoms with Crippen molar-refractivity contribution in [1.29, 1.82) is 0 Å². The summed E-state index contributed by atoms with van der Waals surface area (Å²) in [6, 6.07) is 3.36. The van der Waals surface area contributed by atoms with Crippen molar-refractivity contribution in [3.8, 4) is 0 Å². The molecule has 1 fully saturated rings. The Hall–Kier alpha value is -2.77. The van der Waals surface area contributed by atoms with Crippen LogP contribution in [0.5, 0.6) is 0 Å². The zero-order valence-corrected chi connectivity index (χ0v) is 13.5. The van der Waals surface area contributed by atoms with Crippen molar-refractivity contribution in [1.82, 2.24) is 14.4 Å². The van der Waals surface area contributed by atoms with Crippen LogP contribution < -0.4 is 0 Å². The predicted octanol–water partition coefficient (Wildman–Crippen LogP) is 2.04. The molecule has 5 nitrogen and oxygen atoms in total. The third-order valence-electron chi connectivity index (χ3n) is 4.20. The Labute approximate surface area is 142 Å². The fraction of sp³-hybridized carbons (Fsp3) is 0.294. The molecule has 0 bridgehead atoms. The van der Waals surface area contributed by atoms with Crippen molar-refractivity contribution in [2.24, 2.45) is 7.05 Å². The first-order chi connectivity index (χ1) is 11.9. The molecule has 0 atom stereocenters. The number of halogens is 3. The monoisotopic (exact) mass is 351 g/mol. The standard InChI is InChI=1S/C17H16F3N3O2/c1-21-5-4-11(10-21)16(24)22-6-8-23(9-7-22)17(25)12-2-3-13(18)15(20)14(12)19/h2-5,10H,6-9H2,1H3. The van der Waals surface area contributed by atoms with Crippen molar-refractivity contribution >= 4 is 11.8 Å². The lowest BCUT2D eigenvalue weighted by Gasteiger charge is -2.34. The van der Waals surface area contributed by atoms with Gasteiger partial charge in [-0.25, -0.2) is 13.2 Å². The number of nitrogens with zero attached hydrogens (tertiary/aromatic N) is 3. The molecule has 1 aliphatic rings. The summed E-state index contributed by atoms with van der Waals surface area (Å²) >= 11 is 0. The summed E-state index contributed by atoms with van der Waals surface area (Å²) in [4.78, 5) is 27.6. The number of hydrogen-bond acceptors (Lipinski definition) is 2. The van der Waals surface area contributed by atoms with Gasteiger partial charge in [-0.15, -0.1) is 0 Å². The Morgan fingerprint density at radius 3 is 2.04 bits per heavy atom. The Balaban J connectivity index is 1.67. The third-order valence-corrected chi connectivity index (χ3v) is 4.20. The van der Waals surface area contributed by atoms with Crippen LogP contribution in [-0.2, 0) is 7.05 Å². The van der Waals surface area contributed by atoms with E-state index in [1.165, 1.54) is 4.90 Å². The quantitative estimate of drug-likeness (QED) is 0.778. The lowest BCUT2D eigenvalue weighted by Crippen LogP contribution is -2.50. The molecule has 0 unspecified atom stereocenters. The molecule has 2 heterocycles. The summed E-state index contributed by atoms with van der Waals surface area (Å²) in [5.74, 6) is -5.36. The van der Waals surface area contributed by atoms with E-state index in [1.807, 2.05) is 7.05 Å². The molecule has 0 spiro atoms. The van der Waals surface area contributed by atoms with Gasteiger partial charge >= 0.3 is 0 Å². The zero-order chi connectivity index (χ0) is 18.1. The molecule has 0 radical (unpaired) electrons. The fourth-order valence-electron chi connectivity index (χ4n) is 2.79. The number of carbonyl (C=O) groups excluding carboxylic acids is 2.